The minimum Gasteiger partial charge on any atom is -0.285 e. The summed E-state index contributed by atoms with van der Waals surface area (Å²) in [6.45, 7) is 2.76. The Labute approximate surface area is 95.9 Å². The van der Waals surface area contributed by atoms with Crippen LogP contribution in [-0.4, -0.2) is 9.78 Å². The third kappa shape index (κ3) is 2.04. The molecule has 78 valence electrons. The van der Waals surface area contributed by atoms with Crippen molar-refractivity contribution in [3.63, 3.8) is 0 Å². The van der Waals surface area contributed by atoms with Gasteiger partial charge in [0.15, 0.2) is 0 Å². The zero-order valence-corrected chi connectivity index (χ0v) is 9.91. The van der Waals surface area contributed by atoms with Crippen molar-refractivity contribution in [1.29, 1.82) is 0 Å². The van der Waals surface area contributed by atoms with E-state index in [0.29, 0.717) is 0 Å². The van der Waals surface area contributed by atoms with Crippen LogP contribution < -0.4 is 5.56 Å². The highest BCUT2D eigenvalue weighted by Gasteiger charge is 2.04. The molecule has 15 heavy (non-hydrogen) atoms. The molecule has 3 nitrogen and oxygen atoms in total. The van der Waals surface area contributed by atoms with Gasteiger partial charge in [-0.05, 0) is 24.6 Å². The van der Waals surface area contributed by atoms with Gasteiger partial charge in [0, 0.05) is 17.1 Å². The van der Waals surface area contributed by atoms with E-state index in [0.717, 1.165) is 22.3 Å². The van der Waals surface area contributed by atoms with Crippen LogP contribution in [0.4, 0.5) is 0 Å². The normalized spacial score (nSPS) is 10.5. The number of benzene rings is 1. The highest BCUT2D eigenvalue weighted by atomic mass is 79.9. The molecule has 1 N–H and O–H groups in total. The summed E-state index contributed by atoms with van der Waals surface area (Å²) in [6.07, 6.45) is 0. The highest BCUT2D eigenvalue weighted by Crippen LogP contribution is 2.20. The van der Waals surface area contributed by atoms with Crippen LogP contribution in [0.25, 0.3) is 11.3 Å². The second-order valence-corrected chi connectivity index (χ2v) is 4.17. The van der Waals surface area contributed by atoms with Crippen LogP contribution in [0.15, 0.2) is 39.6 Å². The first-order chi connectivity index (χ1) is 7.20. The molecule has 0 radical (unpaired) electrons. The maximum absolute atomic E-state index is 11.2. The van der Waals surface area contributed by atoms with Crippen LogP contribution >= 0.6 is 15.9 Å². The minimum atomic E-state index is -0.0604. The molecule has 2 aromatic rings. The van der Waals surface area contributed by atoms with Crippen LogP contribution in [0, 0.1) is 0 Å². The largest absolute Gasteiger partial charge is 0.285 e. The van der Waals surface area contributed by atoms with Crippen LogP contribution in [0.1, 0.15) is 6.92 Å². The summed E-state index contributed by atoms with van der Waals surface area (Å²) in [5, 5.41) is 2.76. The number of aryl methyl sites for hydroxylation is 1. The fourth-order valence-corrected chi connectivity index (χ4v) is 1.80. The van der Waals surface area contributed by atoms with Crippen molar-refractivity contribution in [2.24, 2.45) is 0 Å². The van der Waals surface area contributed by atoms with E-state index >= 15 is 0 Å². The van der Waals surface area contributed by atoms with Crippen LogP contribution in [-0.2, 0) is 6.54 Å². The Morgan fingerprint density at radius 2 is 2.00 bits per heavy atom. The van der Waals surface area contributed by atoms with E-state index in [1.165, 1.54) is 0 Å². The lowest BCUT2D eigenvalue weighted by molar-refractivity contribution is 0.660. The summed E-state index contributed by atoms with van der Waals surface area (Å²) in [7, 11) is 0. The monoisotopic (exact) mass is 266 g/mol. The number of aromatic amines is 1. The van der Waals surface area contributed by atoms with E-state index < -0.39 is 0 Å². The van der Waals surface area contributed by atoms with Gasteiger partial charge in [-0.1, -0.05) is 28.1 Å². The van der Waals surface area contributed by atoms with E-state index in [9.17, 15) is 4.79 Å². The van der Waals surface area contributed by atoms with Crippen molar-refractivity contribution >= 4 is 15.9 Å². The smallest absolute Gasteiger partial charge is 0.264 e. The lowest BCUT2D eigenvalue weighted by Gasteiger charge is -2.05. The van der Waals surface area contributed by atoms with Crippen molar-refractivity contribution < 1.29 is 0 Å². The van der Waals surface area contributed by atoms with Crippen molar-refractivity contribution in [2.45, 2.75) is 13.5 Å². The molecule has 0 fully saturated rings. The molecule has 0 spiro atoms. The van der Waals surface area contributed by atoms with E-state index in [1.807, 2.05) is 35.9 Å². The van der Waals surface area contributed by atoms with Crippen LogP contribution in [0.3, 0.4) is 0 Å². The summed E-state index contributed by atoms with van der Waals surface area (Å²) in [5.41, 5.74) is 1.91. The van der Waals surface area contributed by atoms with E-state index in [-0.39, 0.29) is 5.56 Å². The van der Waals surface area contributed by atoms with E-state index in [1.54, 1.807) is 6.07 Å². The average molecular weight is 267 g/mol. The topological polar surface area (TPSA) is 37.8 Å². The van der Waals surface area contributed by atoms with Gasteiger partial charge in [-0.3, -0.25) is 14.6 Å². The zero-order valence-electron chi connectivity index (χ0n) is 8.33. The summed E-state index contributed by atoms with van der Waals surface area (Å²) in [6, 6.07) is 9.52. The van der Waals surface area contributed by atoms with Gasteiger partial charge in [0.2, 0.25) is 0 Å². The van der Waals surface area contributed by atoms with Gasteiger partial charge in [0.25, 0.3) is 5.56 Å². The Morgan fingerprint density at radius 1 is 1.33 bits per heavy atom. The third-order valence-electron chi connectivity index (χ3n) is 2.26. The lowest BCUT2D eigenvalue weighted by atomic mass is 10.1. The molecular formula is C11H11BrN2O. The first kappa shape index (κ1) is 10.2. The van der Waals surface area contributed by atoms with E-state index in [2.05, 4.69) is 21.0 Å². The van der Waals surface area contributed by atoms with Gasteiger partial charge in [-0.15, -0.1) is 0 Å². The maximum Gasteiger partial charge on any atom is 0.264 e. The Morgan fingerprint density at radius 3 is 2.60 bits per heavy atom. The number of hydrogen-bond acceptors (Lipinski definition) is 1. The molecule has 1 heterocycles. The first-order valence-corrected chi connectivity index (χ1v) is 5.56. The summed E-state index contributed by atoms with van der Waals surface area (Å²) in [4.78, 5) is 11.2. The van der Waals surface area contributed by atoms with Crippen molar-refractivity contribution in [3.8, 4) is 11.3 Å². The molecule has 0 amide bonds. The Balaban J connectivity index is 2.53. The fourth-order valence-electron chi connectivity index (χ4n) is 1.54. The summed E-state index contributed by atoms with van der Waals surface area (Å²) < 4.78 is 2.87. The fraction of sp³-hybridized carbons (Fsp3) is 0.182. The van der Waals surface area contributed by atoms with Gasteiger partial charge < -0.3 is 0 Å². The van der Waals surface area contributed by atoms with Gasteiger partial charge >= 0.3 is 0 Å². The second-order valence-electron chi connectivity index (χ2n) is 3.26. The van der Waals surface area contributed by atoms with Crippen LogP contribution in [0.2, 0.25) is 0 Å². The average Bonchev–Trinajstić information content (AvgIpc) is 2.61. The third-order valence-corrected chi connectivity index (χ3v) is 2.79. The quantitative estimate of drug-likeness (QED) is 0.892. The first-order valence-electron chi connectivity index (χ1n) is 4.76. The Bertz CT molecular complexity index is 510. The van der Waals surface area contributed by atoms with Crippen molar-refractivity contribution in [3.05, 3.63) is 45.2 Å². The van der Waals surface area contributed by atoms with Gasteiger partial charge in [-0.2, -0.15) is 0 Å². The van der Waals surface area contributed by atoms with Crippen LogP contribution in [0.5, 0.6) is 0 Å². The number of aromatic nitrogens is 2. The number of nitrogens with zero attached hydrogens (tertiary/aromatic N) is 1. The number of rotatable bonds is 2. The Hall–Kier alpha value is -1.29. The standard InChI is InChI=1S/C11H11BrN2O/c1-2-14-10(7-11(15)13-14)8-3-5-9(12)6-4-8/h3-7H,2H2,1H3,(H,13,15). The molecule has 0 aliphatic carbocycles. The molecule has 0 unspecified atom stereocenters. The molecule has 1 aromatic carbocycles. The predicted molar refractivity (Wildman–Crippen MR) is 63.9 cm³/mol. The maximum atomic E-state index is 11.2. The molecule has 0 aliphatic rings. The minimum absolute atomic E-state index is 0.0604. The predicted octanol–water partition coefficient (Wildman–Crippen LogP) is 2.63. The van der Waals surface area contributed by atoms with Gasteiger partial charge in [0.05, 0.1) is 5.69 Å². The summed E-state index contributed by atoms with van der Waals surface area (Å²) in [5.74, 6) is 0. The Kier molecular flexibility index (Phi) is 2.77. The number of hydrogen-bond donors (Lipinski definition) is 1. The molecular weight excluding hydrogens is 256 g/mol. The van der Waals surface area contributed by atoms with Gasteiger partial charge in [-0.25, -0.2) is 0 Å². The van der Waals surface area contributed by atoms with E-state index in [4.69, 9.17) is 0 Å². The molecule has 0 atom stereocenters. The molecule has 0 bridgehead atoms. The number of halogens is 1. The molecule has 0 aliphatic heterocycles. The zero-order chi connectivity index (χ0) is 10.8. The molecule has 4 heteroatoms. The summed E-state index contributed by atoms with van der Waals surface area (Å²) >= 11 is 3.38. The molecule has 0 saturated carbocycles. The number of H-pyrrole nitrogens is 1. The SMILES string of the molecule is CCn1[nH]c(=O)cc1-c1ccc(Br)cc1. The lowest BCUT2D eigenvalue weighted by Crippen LogP contribution is -2.04. The molecule has 2 rings (SSSR count). The van der Waals surface area contributed by atoms with Crippen molar-refractivity contribution in [2.75, 3.05) is 0 Å². The highest BCUT2D eigenvalue weighted by molar-refractivity contribution is 9.10. The molecule has 0 saturated heterocycles. The molecule has 1 aromatic heterocycles. The van der Waals surface area contributed by atoms with Gasteiger partial charge in [0.1, 0.15) is 0 Å². The number of nitrogens with one attached hydrogen (secondary N) is 1. The second kappa shape index (κ2) is 4.06. The van der Waals surface area contributed by atoms with Crippen molar-refractivity contribution in [1.82, 2.24) is 9.78 Å².